The van der Waals surface area contributed by atoms with E-state index >= 15 is 0 Å². The van der Waals surface area contributed by atoms with Gasteiger partial charge in [0.25, 0.3) is 5.91 Å². The summed E-state index contributed by atoms with van der Waals surface area (Å²) in [5, 5.41) is 17.2. The molecule has 0 atom stereocenters. The fourth-order valence-corrected chi connectivity index (χ4v) is 4.41. The molecule has 2 amide bonds. The standard InChI is InChI=1S/C20H22BrF3N8O2/c1-10-12(8-25-30(10)2)28-19(34)17-13(9-26-31(17)3)27-14(33)6-7-32-16(11-4-5-11)15(21)18(29-32)20(22,23)24/h8-9,11H,4-7H2,1-3H3,(H,27,33)(H,28,34). The lowest BCUT2D eigenvalue weighted by Crippen LogP contribution is -2.21. The molecule has 3 heterocycles. The van der Waals surface area contributed by atoms with Crippen molar-refractivity contribution in [3.63, 3.8) is 0 Å². The Bertz CT molecular complexity index is 1260. The van der Waals surface area contributed by atoms with E-state index in [0.717, 1.165) is 18.5 Å². The first kappa shape index (κ1) is 24.0. The quantitative estimate of drug-likeness (QED) is 0.473. The van der Waals surface area contributed by atoms with Crippen LogP contribution >= 0.6 is 15.9 Å². The van der Waals surface area contributed by atoms with E-state index in [2.05, 4.69) is 41.9 Å². The summed E-state index contributed by atoms with van der Waals surface area (Å²) in [5.74, 6) is -0.986. The minimum Gasteiger partial charge on any atom is -0.323 e. The van der Waals surface area contributed by atoms with Crippen LogP contribution < -0.4 is 10.6 Å². The molecule has 10 nitrogen and oxygen atoms in total. The van der Waals surface area contributed by atoms with E-state index in [-0.39, 0.29) is 34.7 Å². The molecule has 3 aromatic heterocycles. The van der Waals surface area contributed by atoms with E-state index in [1.807, 2.05) is 0 Å². The molecular weight excluding hydrogens is 521 g/mol. The summed E-state index contributed by atoms with van der Waals surface area (Å²) in [6.45, 7) is 1.76. The van der Waals surface area contributed by atoms with E-state index in [1.165, 1.54) is 21.8 Å². The Balaban J connectivity index is 1.46. The van der Waals surface area contributed by atoms with Crippen LogP contribution in [0.5, 0.6) is 0 Å². The number of alkyl halides is 3. The van der Waals surface area contributed by atoms with Gasteiger partial charge in [0.2, 0.25) is 5.91 Å². The van der Waals surface area contributed by atoms with Gasteiger partial charge in [-0.1, -0.05) is 0 Å². The Kier molecular flexibility index (Phi) is 6.27. The van der Waals surface area contributed by atoms with Crippen molar-refractivity contribution < 1.29 is 22.8 Å². The largest absolute Gasteiger partial charge is 0.436 e. The van der Waals surface area contributed by atoms with E-state index in [1.54, 1.807) is 25.7 Å². The summed E-state index contributed by atoms with van der Waals surface area (Å²) in [6, 6.07) is 0. The van der Waals surface area contributed by atoms with Gasteiger partial charge in [0.15, 0.2) is 5.69 Å². The van der Waals surface area contributed by atoms with Crippen molar-refractivity contribution in [3.8, 4) is 0 Å². The third kappa shape index (κ3) is 4.72. The first-order chi connectivity index (χ1) is 16.0. The maximum atomic E-state index is 13.3. The molecule has 34 heavy (non-hydrogen) atoms. The first-order valence-electron chi connectivity index (χ1n) is 10.4. The second kappa shape index (κ2) is 8.89. The first-order valence-corrected chi connectivity index (χ1v) is 11.2. The third-order valence-corrected chi connectivity index (χ3v) is 6.41. The summed E-state index contributed by atoms with van der Waals surface area (Å²) in [7, 11) is 3.30. The molecule has 1 fully saturated rings. The van der Waals surface area contributed by atoms with Crippen molar-refractivity contribution >= 4 is 39.1 Å². The molecule has 0 aliphatic heterocycles. The zero-order chi connectivity index (χ0) is 24.8. The number of amides is 2. The zero-order valence-electron chi connectivity index (χ0n) is 18.6. The van der Waals surface area contributed by atoms with Crippen molar-refractivity contribution in [2.24, 2.45) is 14.1 Å². The normalized spacial score (nSPS) is 13.9. The summed E-state index contributed by atoms with van der Waals surface area (Å²) in [5.41, 5.74) is 1.03. The fourth-order valence-electron chi connectivity index (χ4n) is 3.57. The predicted octanol–water partition coefficient (Wildman–Crippen LogP) is 3.60. The van der Waals surface area contributed by atoms with E-state index < -0.39 is 23.7 Å². The van der Waals surface area contributed by atoms with Gasteiger partial charge in [0.05, 0.1) is 46.2 Å². The van der Waals surface area contributed by atoms with Crippen LogP contribution in [-0.2, 0) is 31.6 Å². The summed E-state index contributed by atoms with van der Waals surface area (Å²) in [6.07, 6.45) is -0.332. The predicted molar refractivity (Wildman–Crippen MR) is 119 cm³/mol. The van der Waals surface area contributed by atoms with Gasteiger partial charge in [0.1, 0.15) is 5.69 Å². The maximum absolute atomic E-state index is 13.3. The molecule has 1 aliphatic carbocycles. The second-order valence-corrected chi connectivity index (χ2v) is 8.89. The number of aryl methyl sites for hydroxylation is 3. The highest BCUT2D eigenvalue weighted by Crippen LogP contribution is 2.47. The van der Waals surface area contributed by atoms with Crippen LogP contribution in [0.2, 0.25) is 0 Å². The van der Waals surface area contributed by atoms with Crippen LogP contribution in [0, 0.1) is 6.92 Å². The SMILES string of the molecule is Cc1c(NC(=O)c2c(NC(=O)CCn3nc(C(F)(F)F)c(Br)c3C3CC3)cnn2C)cnn1C. The van der Waals surface area contributed by atoms with Crippen molar-refractivity contribution in [3.05, 3.63) is 39.6 Å². The number of aromatic nitrogens is 6. The fraction of sp³-hybridized carbons (Fsp3) is 0.450. The van der Waals surface area contributed by atoms with Crippen LogP contribution in [0.3, 0.4) is 0 Å². The Hall–Kier alpha value is -3.16. The molecule has 0 saturated heterocycles. The topological polar surface area (TPSA) is 112 Å². The molecule has 3 aromatic rings. The molecule has 0 radical (unpaired) electrons. The van der Waals surface area contributed by atoms with Gasteiger partial charge < -0.3 is 10.6 Å². The molecule has 182 valence electrons. The minimum absolute atomic E-state index is 0.00871. The van der Waals surface area contributed by atoms with Crippen LogP contribution in [0.15, 0.2) is 16.9 Å². The molecule has 4 rings (SSSR count). The molecule has 0 aromatic carbocycles. The number of anilines is 2. The molecule has 1 saturated carbocycles. The molecule has 2 N–H and O–H groups in total. The highest BCUT2D eigenvalue weighted by molar-refractivity contribution is 9.10. The van der Waals surface area contributed by atoms with Gasteiger partial charge in [-0.3, -0.25) is 23.6 Å². The lowest BCUT2D eigenvalue weighted by Gasteiger charge is -2.10. The molecule has 0 unspecified atom stereocenters. The van der Waals surface area contributed by atoms with Gasteiger partial charge in [-0.15, -0.1) is 0 Å². The lowest BCUT2D eigenvalue weighted by atomic mass is 10.2. The zero-order valence-corrected chi connectivity index (χ0v) is 20.2. The van der Waals surface area contributed by atoms with E-state index in [0.29, 0.717) is 11.4 Å². The van der Waals surface area contributed by atoms with Gasteiger partial charge in [-0.2, -0.15) is 28.5 Å². The van der Waals surface area contributed by atoms with E-state index in [9.17, 15) is 22.8 Å². The molecular formula is C20H22BrF3N8O2. The monoisotopic (exact) mass is 542 g/mol. The third-order valence-electron chi connectivity index (χ3n) is 5.63. The lowest BCUT2D eigenvalue weighted by molar-refractivity contribution is -0.142. The van der Waals surface area contributed by atoms with Crippen LogP contribution in [-0.4, -0.2) is 41.2 Å². The molecule has 0 spiro atoms. The number of rotatable bonds is 7. The van der Waals surface area contributed by atoms with Crippen molar-refractivity contribution in [2.45, 2.75) is 44.8 Å². The number of hydrogen-bond acceptors (Lipinski definition) is 5. The molecule has 1 aliphatic rings. The van der Waals surface area contributed by atoms with Gasteiger partial charge in [0, 0.05) is 26.4 Å². The average Bonchev–Trinajstić information content (AvgIpc) is 3.34. The second-order valence-electron chi connectivity index (χ2n) is 8.09. The Morgan fingerprint density at radius 2 is 1.76 bits per heavy atom. The van der Waals surface area contributed by atoms with Crippen molar-refractivity contribution in [1.29, 1.82) is 0 Å². The number of carbonyl (C=O) groups is 2. The van der Waals surface area contributed by atoms with Gasteiger partial charge >= 0.3 is 6.18 Å². The van der Waals surface area contributed by atoms with Crippen LogP contribution in [0.4, 0.5) is 24.5 Å². The maximum Gasteiger partial charge on any atom is 0.436 e. The summed E-state index contributed by atoms with van der Waals surface area (Å²) < 4.78 is 43.9. The highest BCUT2D eigenvalue weighted by atomic mass is 79.9. The summed E-state index contributed by atoms with van der Waals surface area (Å²) in [4.78, 5) is 25.4. The van der Waals surface area contributed by atoms with Crippen LogP contribution in [0.1, 0.15) is 52.8 Å². The Morgan fingerprint density at radius 3 is 2.35 bits per heavy atom. The average molecular weight is 543 g/mol. The molecule has 0 bridgehead atoms. The van der Waals surface area contributed by atoms with Gasteiger partial charge in [-0.25, -0.2) is 0 Å². The number of nitrogens with one attached hydrogen (secondary N) is 2. The van der Waals surface area contributed by atoms with Crippen molar-refractivity contribution in [1.82, 2.24) is 29.3 Å². The number of halogens is 4. The van der Waals surface area contributed by atoms with E-state index in [4.69, 9.17) is 0 Å². The highest BCUT2D eigenvalue weighted by Gasteiger charge is 2.41. The minimum atomic E-state index is -4.60. The Morgan fingerprint density at radius 1 is 1.12 bits per heavy atom. The van der Waals surface area contributed by atoms with Crippen LogP contribution in [0.25, 0.3) is 0 Å². The summed E-state index contributed by atoms with van der Waals surface area (Å²) >= 11 is 3.04. The number of nitrogens with zero attached hydrogens (tertiary/aromatic N) is 6. The number of hydrogen-bond donors (Lipinski definition) is 2. The van der Waals surface area contributed by atoms with Gasteiger partial charge in [-0.05, 0) is 35.7 Å². The smallest absolute Gasteiger partial charge is 0.323 e. The molecule has 14 heteroatoms. The van der Waals surface area contributed by atoms with Crippen molar-refractivity contribution in [2.75, 3.05) is 10.6 Å². The Labute approximate surface area is 200 Å². The number of carbonyl (C=O) groups excluding carboxylic acids is 2.